The fourth-order valence-electron chi connectivity index (χ4n) is 2.39. The first-order valence-electron chi connectivity index (χ1n) is 8.15. The summed E-state index contributed by atoms with van der Waals surface area (Å²) in [6.07, 6.45) is 0.295. The monoisotopic (exact) mass is 333 g/mol. The minimum Gasteiger partial charge on any atom is -0.461 e. The standard InChI is InChI=1S/C20H19N3O2/c1-2-25-20(24)19(23-22-16-9-4-3-5-10-16)14-17-13-12-15-8-6-7-11-18(15)21-17/h3-13,22H,2,14H2,1H3/b23-19-. The maximum atomic E-state index is 12.2. The van der Waals surface area contributed by atoms with E-state index in [2.05, 4.69) is 15.5 Å². The van der Waals surface area contributed by atoms with Crippen LogP contribution in [0.15, 0.2) is 71.8 Å². The fourth-order valence-corrected chi connectivity index (χ4v) is 2.39. The predicted octanol–water partition coefficient (Wildman–Crippen LogP) is 3.81. The van der Waals surface area contributed by atoms with Gasteiger partial charge in [-0.2, -0.15) is 5.10 Å². The molecule has 5 nitrogen and oxygen atoms in total. The van der Waals surface area contributed by atoms with E-state index in [1.807, 2.05) is 66.7 Å². The van der Waals surface area contributed by atoms with Crippen LogP contribution in [-0.2, 0) is 16.0 Å². The highest BCUT2D eigenvalue weighted by atomic mass is 16.5. The number of hydrogen-bond acceptors (Lipinski definition) is 5. The summed E-state index contributed by atoms with van der Waals surface area (Å²) in [5.74, 6) is -0.444. The van der Waals surface area contributed by atoms with Crippen molar-refractivity contribution in [2.45, 2.75) is 13.3 Å². The van der Waals surface area contributed by atoms with Gasteiger partial charge in [-0.3, -0.25) is 10.4 Å². The molecular weight excluding hydrogens is 314 g/mol. The van der Waals surface area contributed by atoms with Crippen molar-refractivity contribution in [3.63, 3.8) is 0 Å². The Morgan fingerprint density at radius 1 is 1.04 bits per heavy atom. The average Bonchev–Trinajstić information content (AvgIpc) is 2.66. The number of nitrogens with zero attached hydrogens (tertiary/aromatic N) is 2. The molecule has 0 spiro atoms. The Morgan fingerprint density at radius 3 is 2.60 bits per heavy atom. The molecule has 1 N–H and O–H groups in total. The van der Waals surface area contributed by atoms with Gasteiger partial charge < -0.3 is 4.74 Å². The lowest BCUT2D eigenvalue weighted by Crippen LogP contribution is -2.22. The van der Waals surface area contributed by atoms with E-state index >= 15 is 0 Å². The Kier molecular flexibility index (Phi) is 5.36. The van der Waals surface area contributed by atoms with Gasteiger partial charge in [0.15, 0.2) is 5.71 Å². The van der Waals surface area contributed by atoms with Gasteiger partial charge >= 0.3 is 5.97 Å². The molecule has 1 aromatic heterocycles. The van der Waals surface area contributed by atoms with Gasteiger partial charge in [0.05, 0.1) is 17.8 Å². The van der Waals surface area contributed by atoms with Crippen LogP contribution in [-0.4, -0.2) is 23.3 Å². The van der Waals surface area contributed by atoms with Crippen LogP contribution >= 0.6 is 0 Å². The number of carbonyl (C=O) groups excluding carboxylic acids is 1. The summed E-state index contributed by atoms with van der Waals surface area (Å²) in [7, 11) is 0. The van der Waals surface area contributed by atoms with Crippen LogP contribution in [0.2, 0.25) is 0 Å². The van der Waals surface area contributed by atoms with Crippen LogP contribution in [0.25, 0.3) is 10.9 Å². The topological polar surface area (TPSA) is 63.6 Å². The van der Waals surface area contributed by atoms with E-state index in [1.54, 1.807) is 6.92 Å². The van der Waals surface area contributed by atoms with E-state index in [9.17, 15) is 4.79 Å². The third-order valence-electron chi connectivity index (χ3n) is 3.61. The van der Waals surface area contributed by atoms with Gasteiger partial charge in [-0.15, -0.1) is 0 Å². The Morgan fingerprint density at radius 2 is 1.80 bits per heavy atom. The second-order valence-electron chi connectivity index (χ2n) is 5.43. The summed E-state index contributed by atoms with van der Waals surface area (Å²) in [5.41, 5.74) is 5.64. The number of rotatable bonds is 6. The summed E-state index contributed by atoms with van der Waals surface area (Å²) in [4.78, 5) is 16.8. The van der Waals surface area contributed by atoms with Gasteiger partial charge in [-0.05, 0) is 31.2 Å². The number of fused-ring (bicyclic) bond motifs is 1. The second kappa shape index (κ2) is 8.06. The van der Waals surface area contributed by atoms with Crippen molar-refractivity contribution in [3.05, 3.63) is 72.4 Å². The van der Waals surface area contributed by atoms with Crippen LogP contribution in [0.5, 0.6) is 0 Å². The zero-order valence-electron chi connectivity index (χ0n) is 14.0. The molecule has 0 atom stereocenters. The minimum atomic E-state index is -0.444. The molecule has 0 radical (unpaired) electrons. The van der Waals surface area contributed by atoms with E-state index in [-0.39, 0.29) is 5.71 Å². The van der Waals surface area contributed by atoms with Crippen molar-refractivity contribution in [1.29, 1.82) is 0 Å². The summed E-state index contributed by atoms with van der Waals surface area (Å²) >= 11 is 0. The molecule has 1 heterocycles. The minimum absolute atomic E-state index is 0.286. The zero-order chi connectivity index (χ0) is 17.5. The van der Waals surface area contributed by atoms with Gasteiger partial charge in [0.2, 0.25) is 0 Å². The maximum Gasteiger partial charge on any atom is 0.354 e. The largest absolute Gasteiger partial charge is 0.461 e. The number of ether oxygens (including phenoxy) is 1. The molecule has 25 heavy (non-hydrogen) atoms. The van der Waals surface area contributed by atoms with Crippen molar-refractivity contribution in [1.82, 2.24) is 4.98 Å². The number of nitrogens with one attached hydrogen (secondary N) is 1. The summed E-state index contributed by atoms with van der Waals surface area (Å²) in [6, 6.07) is 21.2. The first kappa shape index (κ1) is 16.6. The molecule has 0 fully saturated rings. The van der Waals surface area contributed by atoms with Crippen LogP contribution in [0, 0.1) is 0 Å². The normalized spacial score (nSPS) is 11.3. The smallest absolute Gasteiger partial charge is 0.354 e. The Hall–Kier alpha value is -3.21. The third kappa shape index (κ3) is 4.41. The summed E-state index contributed by atoms with van der Waals surface area (Å²) in [6.45, 7) is 2.07. The highest BCUT2D eigenvalue weighted by Gasteiger charge is 2.15. The number of aromatic nitrogens is 1. The number of carbonyl (C=O) groups is 1. The van der Waals surface area contributed by atoms with Gasteiger partial charge in [0, 0.05) is 17.5 Å². The van der Waals surface area contributed by atoms with Gasteiger partial charge in [-0.1, -0.05) is 42.5 Å². The van der Waals surface area contributed by atoms with Crippen molar-refractivity contribution >= 4 is 28.3 Å². The van der Waals surface area contributed by atoms with Crippen LogP contribution in [0.3, 0.4) is 0 Å². The molecule has 0 unspecified atom stereocenters. The highest BCUT2D eigenvalue weighted by Crippen LogP contribution is 2.13. The molecule has 0 aliphatic carbocycles. The number of hydrazone groups is 1. The van der Waals surface area contributed by atoms with Crippen LogP contribution in [0.4, 0.5) is 5.69 Å². The molecule has 0 saturated heterocycles. The third-order valence-corrected chi connectivity index (χ3v) is 3.61. The first-order chi connectivity index (χ1) is 12.3. The van der Waals surface area contributed by atoms with Crippen molar-refractivity contribution < 1.29 is 9.53 Å². The summed E-state index contributed by atoms with van der Waals surface area (Å²) < 4.78 is 5.11. The molecule has 5 heteroatoms. The van der Waals surface area contributed by atoms with Gasteiger partial charge in [-0.25, -0.2) is 4.79 Å². The molecule has 3 rings (SSSR count). The van der Waals surface area contributed by atoms with E-state index in [1.165, 1.54) is 0 Å². The molecule has 0 bridgehead atoms. The molecule has 0 amide bonds. The van der Waals surface area contributed by atoms with Crippen LogP contribution in [0.1, 0.15) is 12.6 Å². The number of anilines is 1. The highest BCUT2D eigenvalue weighted by molar-refractivity contribution is 6.37. The average molecular weight is 333 g/mol. The Labute approximate surface area is 146 Å². The van der Waals surface area contributed by atoms with Gasteiger partial charge in [0.1, 0.15) is 0 Å². The molecular formula is C20H19N3O2. The SMILES string of the molecule is CCOC(=O)/C(Cc1ccc2ccccc2n1)=N\Nc1ccccc1. The lowest BCUT2D eigenvalue weighted by Gasteiger charge is -2.08. The van der Waals surface area contributed by atoms with Gasteiger partial charge in [0.25, 0.3) is 0 Å². The molecule has 0 saturated carbocycles. The van der Waals surface area contributed by atoms with Crippen LogP contribution < -0.4 is 5.43 Å². The lowest BCUT2D eigenvalue weighted by molar-refractivity contribution is -0.135. The maximum absolute atomic E-state index is 12.2. The Balaban J connectivity index is 1.84. The van der Waals surface area contributed by atoms with Crippen molar-refractivity contribution in [3.8, 4) is 0 Å². The number of esters is 1. The van der Waals surface area contributed by atoms with E-state index in [0.717, 1.165) is 22.3 Å². The molecule has 126 valence electrons. The van der Waals surface area contributed by atoms with Crippen molar-refractivity contribution in [2.24, 2.45) is 5.10 Å². The van der Waals surface area contributed by atoms with Crippen molar-refractivity contribution in [2.75, 3.05) is 12.0 Å². The number of para-hydroxylation sites is 2. The fraction of sp³-hybridized carbons (Fsp3) is 0.150. The molecule has 2 aromatic carbocycles. The molecule has 0 aliphatic heterocycles. The molecule has 3 aromatic rings. The Bertz CT molecular complexity index is 892. The van der Waals surface area contributed by atoms with E-state index in [4.69, 9.17) is 4.74 Å². The first-order valence-corrected chi connectivity index (χ1v) is 8.15. The number of benzene rings is 2. The lowest BCUT2D eigenvalue weighted by atomic mass is 10.1. The second-order valence-corrected chi connectivity index (χ2v) is 5.43. The number of hydrogen-bond donors (Lipinski definition) is 1. The molecule has 0 aliphatic rings. The number of pyridine rings is 1. The quantitative estimate of drug-likeness (QED) is 0.423. The van der Waals surface area contributed by atoms with E-state index in [0.29, 0.717) is 13.0 Å². The zero-order valence-corrected chi connectivity index (χ0v) is 14.0. The predicted molar refractivity (Wildman–Crippen MR) is 99.6 cm³/mol. The van der Waals surface area contributed by atoms with E-state index < -0.39 is 5.97 Å². The summed E-state index contributed by atoms with van der Waals surface area (Å²) in [5, 5.41) is 5.30.